The molecule has 3 aliphatic carbocycles. The Hall–Kier alpha value is -1.60. The van der Waals surface area contributed by atoms with E-state index >= 15 is 0 Å². The molecular weight excluding hydrogens is 456 g/mol. The van der Waals surface area contributed by atoms with Gasteiger partial charge in [-0.25, -0.2) is 0 Å². The van der Waals surface area contributed by atoms with Crippen molar-refractivity contribution in [2.45, 2.75) is 90.5 Å². The maximum absolute atomic E-state index is 14.3. The number of ether oxygens (including phenoxy) is 2. The summed E-state index contributed by atoms with van der Waals surface area (Å²) >= 11 is 0. The molecule has 5 nitrogen and oxygen atoms in total. The molecule has 1 saturated heterocycles. The van der Waals surface area contributed by atoms with Crippen molar-refractivity contribution >= 4 is 19.9 Å². The van der Waals surface area contributed by atoms with Crippen molar-refractivity contribution in [2.75, 3.05) is 7.11 Å². The summed E-state index contributed by atoms with van der Waals surface area (Å²) in [5.74, 6) is -1.02. The van der Waals surface area contributed by atoms with Crippen LogP contribution in [0.4, 0.5) is 0 Å². The number of Topliss-reactive ketones (excluding diaryl/α,β-unsaturated/α-hetero) is 2. The minimum atomic E-state index is -1.95. The first-order valence-corrected chi connectivity index (χ1v) is 15.8. The third-order valence-electron chi connectivity index (χ3n) is 8.92. The average molecular weight is 499 g/mol. The Labute approximate surface area is 211 Å². The molecule has 0 N–H and O–H groups in total. The summed E-state index contributed by atoms with van der Waals surface area (Å²) in [4.78, 5) is 28.0. The second-order valence-corrected chi connectivity index (χ2v) is 16.1. The SMILES string of the molecule is CC[Si](CC)(CC)O[C@@H]1C2C=CC1C1OC1C(=O)C1=C[C@@H](C(C)(C)OC)C(=CC=C(C)C)C(=O)C12. The smallest absolute Gasteiger partial charge is 0.192 e. The van der Waals surface area contributed by atoms with Crippen LogP contribution in [0.1, 0.15) is 48.5 Å². The van der Waals surface area contributed by atoms with E-state index in [1.165, 1.54) is 0 Å². The highest BCUT2D eigenvalue weighted by atomic mass is 28.4. The van der Waals surface area contributed by atoms with Gasteiger partial charge in [0.15, 0.2) is 19.9 Å². The molecule has 0 amide bonds. The van der Waals surface area contributed by atoms with E-state index in [9.17, 15) is 9.59 Å². The largest absolute Gasteiger partial charge is 0.413 e. The molecule has 2 fully saturated rings. The molecule has 1 aliphatic heterocycles. The van der Waals surface area contributed by atoms with Crippen LogP contribution >= 0.6 is 0 Å². The Bertz CT molecular complexity index is 986. The number of carbonyl (C=O) groups excluding carboxylic acids is 2. The van der Waals surface area contributed by atoms with E-state index in [-0.39, 0.29) is 41.5 Å². The molecule has 6 heteroatoms. The first-order valence-electron chi connectivity index (χ1n) is 13.3. The number of ketones is 2. The van der Waals surface area contributed by atoms with Gasteiger partial charge in [0.2, 0.25) is 0 Å². The Balaban J connectivity index is 1.85. The molecule has 2 bridgehead atoms. The summed E-state index contributed by atoms with van der Waals surface area (Å²) in [6, 6.07) is 3.13. The van der Waals surface area contributed by atoms with Crippen LogP contribution in [0.2, 0.25) is 18.1 Å². The van der Waals surface area contributed by atoms with Crippen molar-refractivity contribution in [3.63, 3.8) is 0 Å². The molecule has 1 heterocycles. The first kappa shape index (κ1) is 26.5. The number of hydrogen-bond acceptors (Lipinski definition) is 5. The van der Waals surface area contributed by atoms with E-state index in [0.717, 1.165) is 23.7 Å². The number of allylic oxidation sites excluding steroid dienone is 3. The molecule has 5 unspecified atom stereocenters. The molecular formula is C29H42O5Si. The molecule has 0 radical (unpaired) electrons. The predicted molar refractivity (Wildman–Crippen MR) is 141 cm³/mol. The van der Waals surface area contributed by atoms with Crippen molar-refractivity contribution in [3.8, 4) is 0 Å². The third-order valence-corrected chi connectivity index (χ3v) is 13.6. The number of rotatable bonds is 8. The Morgan fingerprint density at radius 3 is 2.26 bits per heavy atom. The molecule has 1 saturated carbocycles. The van der Waals surface area contributed by atoms with Crippen LogP contribution in [-0.2, 0) is 23.5 Å². The third kappa shape index (κ3) is 4.52. The molecule has 192 valence electrons. The Morgan fingerprint density at radius 2 is 1.69 bits per heavy atom. The zero-order valence-electron chi connectivity index (χ0n) is 22.6. The van der Waals surface area contributed by atoms with Gasteiger partial charge in [-0.3, -0.25) is 9.59 Å². The number of methoxy groups -OCH3 is 1. The summed E-state index contributed by atoms with van der Waals surface area (Å²) in [5.41, 5.74) is 1.77. The number of carbonyl (C=O) groups is 2. The Morgan fingerprint density at radius 1 is 1.06 bits per heavy atom. The second-order valence-electron chi connectivity index (χ2n) is 11.4. The molecule has 0 aromatic heterocycles. The summed E-state index contributed by atoms with van der Waals surface area (Å²) in [6.45, 7) is 14.7. The average Bonchev–Trinajstić information content (AvgIpc) is 3.52. The highest BCUT2D eigenvalue weighted by molar-refractivity contribution is 6.73. The van der Waals surface area contributed by atoms with Crippen LogP contribution in [-0.4, -0.2) is 50.9 Å². The van der Waals surface area contributed by atoms with Crippen molar-refractivity contribution < 1.29 is 23.5 Å². The normalized spacial score (nSPS) is 35.3. The fourth-order valence-electron chi connectivity index (χ4n) is 6.18. The minimum absolute atomic E-state index is 0.0169. The number of epoxide rings is 1. The quantitative estimate of drug-likeness (QED) is 0.189. The van der Waals surface area contributed by atoms with Crippen molar-refractivity contribution in [1.29, 1.82) is 0 Å². The lowest BCUT2D eigenvalue weighted by Gasteiger charge is -2.43. The van der Waals surface area contributed by atoms with E-state index in [0.29, 0.717) is 11.1 Å². The maximum Gasteiger partial charge on any atom is 0.192 e. The molecule has 0 aromatic rings. The summed E-state index contributed by atoms with van der Waals surface area (Å²) in [7, 11) is -0.287. The number of fused-ring (bicyclic) bond motifs is 6. The van der Waals surface area contributed by atoms with E-state index < -0.39 is 25.9 Å². The van der Waals surface area contributed by atoms with Gasteiger partial charge in [-0.2, -0.15) is 0 Å². The van der Waals surface area contributed by atoms with Crippen molar-refractivity contribution in [2.24, 2.45) is 23.7 Å². The lowest BCUT2D eigenvalue weighted by molar-refractivity contribution is -0.126. The van der Waals surface area contributed by atoms with Crippen LogP contribution in [0.25, 0.3) is 0 Å². The fourth-order valence-corrected chi connectivity index (χ4v) is 9.07. The van der Waals surface area contributed by atoms with Gasteiger partial charge >= 0.3 is 0 Å². The zero-order chi connectivity index (χ0) is 25.7. The predicted octanol–water partition coefficient (Wildman–Crippen LogP) is 5.59. The van der Waals surface area contributed by atoms with E-state index in [1.807, 2.05) is 45.9 Å². The second kappa shape index (κ2) is 9.69. The van der Waals surface area contributed by atoms with Crippen molar-refractivity contribution in [3.05, 3.63) is 47.1 Å². The first-order chi connectivity index (χ1) is 16.5. The standard InChI is InChI=1S/C29H42O5Si/c1-9-35(10-2,11-3)34-26-19-14-15-20(26)27-28(33-27)25(31)21-16-22(29(6,7)32-8)18(13-12-17(4)5)24(30)23(19)21/h12-16,19-20,22-23,26-28H,9-11H2,1-8H3/t19?,20?,22-,23?,26-,27?,28?/m1/s1. The fraction of sp³-hybridized carbons (Fsp3) is 0.655. The van der Waals surface area contributed by atoms with E-state index in [2.05, 4.69) is 32.9 Å². The lowest BCUT2D eigenvalue weighted by atomic mass is 9.65. The van der Waals surface area contributed by atoms with Gasteiger partial charge in [0.05, 0.1) is 17.6 Å². The van der Waals surface area contributed by atoms with Crippen LogP contribution in [0, 0.1) is 23.7 Å². The Kier molecular flexibility index (Phi) is 7.33. The molecule has 35 heavy (non-hydrogen) atoms. The van der Waals surface area contributed by atoms with E-state index in [1.54, 1.807) is 7.11 Å². The number of hydrogen-bond donors (Lipinski definition) is 0. The topological polar surface area (TPSA) is 65.1 Å². The maximum atomic E-state index is 14.3. The molecule has 7 atom stereocenters. The molecule has 0 aromatic carbocycles. The van der Waals surface area contributed by atoms with Crippen LogP contribution in [0.5, 0.6) is 0 Å². The van der Waals surface area contributed by atoms with Gasteiger partial charge in [0.1, 0.15) is 12.2 Å². The van der Waals surface area contributed by atoms with Gasteiger partial charge < -0.3 is 13.9 Å². The van der Waals surface area contributed by atoms with E-state index in [4.69, 9.17) is 13.9 Å². The monoisotopic (exact) mass is 498 g/mol. The highest BCUT2D eigenvalue weighted by Gasteiger charge is 2.61. The van der Waals surface area contributed by atoms with Gasteiger partial charge in [0, 0.05) is 36.0 Å². The van der Waals surface area contributed by atoms with Crippen LogP contribution in [0.3, 0.4) is 0 Å². The summed E-state index contributed by atoms with van der Waals surface area (Å²) < 4.78 is 18.9. The lowest BCUT2D eigenvalue weighted by Crippen LogP contribution is -2.51. The summed E-state index contributed by atoms with van der Waals surface area (Å²) in [6.07, 6.45) is 9.48. The van der Waals surface area contributed by atoms with Gasteiger partial charge in [-0.1, -0.05) is 56.7 Å². The van der Waals surface area contributed by atoms with Crippen LogP contribution in [0.15, 0.2) is 47.1 Å². The highest BCUT2D eigenvalue weighted by Crippen LogP contribution is 2.52. The summed E-state index contributed by atoms with van der Waals surface area (Å²) in [5, 5.41) is 0. The molecule has 4 aliphatic rings. The van der Waals surface area contributed by atoms with Crippen molar-refractivity contribution in [1.82, 2.24) is 0 Å². The zero-order valence-corrected chi connectivity index (χ0v) is 23.6. The van der Waals surface area contributed by atoms with Gasteiger partial charge in [-0.05, 0) is 45.8 Å². The molecule has 4 rings (SSSR count). The van der Waals surface area contributed by atoms with Gasteiger partial charge in [0.25, 0.3) is 0 Å². The van der Waals surface area contributed by atoms with Crippen LogP contribution < -0.4 is 0 Å². The molecule has 0 spiro atoms. The van der Waals surface area contributed by atoms with Gasteiger partial charge in [-0.15, -0.1) is 0 Å². The minimum Gasteiger partial charge on any atom is -0.413 e.